The summed E-state index contributed by atoms with van der Waals surface area (Å²) in [5, 5.41) is 3.13. The van der Waals surface area contributed by atoms with Crippen molar-refractivity contribution in [1.82, 2.24) is 19.8 Å². The van der Waals surface area contributed by atoms with Gasteiger partial charge in [0.15, 0.2) is 0 Å². The topological polar surface area (TPSA) is 155 Å². The Kier molecular flexibility index (Phi) is 10.1. The zero-order chi connectivity index (χ0) is 40.1. The summed E-state index contributed by atoms with van der Waals surface area (Å²) in [6.07, 6.45) is 5.01. The Bertz CT molecular complexity index is 2440. The van der Waals surface area contributed by atoms with E-state index in [0.717, 1.165) is 66.7 Å². The summed E-state index contributed by atoms with van der Waals surface area (Å²) in [5.41, 5.74) is 13.0. The van der Waals surface area contributed by atoms with Gasteiger partial charge in [-0.05, 0) is 97.7 Å². The van der Waals surface area contributed by atoms with Crippen molar-refractivity contribution in [2.24, 2.45) is 17.8 Å². The molecule has 2 aromatic carbocycles. The SMILES string of the molecule is [B]C(F)c1cc2c(cc1/C(C=NC1CCN(c3ccc4c(c3)CN(C3CCC(=O)NC3=O)C4=O)CC1)=C/N)CCCN2c1nc(OC)cc2c1cc(C)c(=O)n2C. The van der Waals surface area contributed by atoms with Crippen molar-refractivity contribution >= 4 is 65.5 Å². The van der Waals surface area contributed by atoms with Gasteiger partial charge in [0.1, 0.15) is 19.7 Å². The minimum atomic E-state index is -1.79. The Hall–Kier alpha value is -5.99. The van der Waals surface area contributed by atoms with Crippen molar-refractivity contribution in [3.8, 4) is 5.88 Å². The van der Waals surface area contributed by atoms with E-state index in [-0.39, 0.29) is 35.4 Å². The van der Waals surface area contributed by atoms with Gasteiger partial charge in [-0.15, -0.1) is 0 Å². The number of hydrogen-bond donors (Lipinski definition) is 2. The molecule has 4 aliphatic heterocycles. The second kappa shape index (κ2) is 15.2. The van der Waals surface area contributed by atoms with Gasteiger partial charge in [0.25, 0.3) is 11.5 Å². The molecule has 57 heavy (non-hydrogen) atoms. The smallest absolute Gasteiger partial charge is 0.255 e. The number of alkyl halides is 1. The van der Waals surface area contributed by atoms with E-state index in [9.17, 15) is 19.2 Å². The summed E-state index contributed by atoms with van der Waals surface area (Å²) >= 11 is 0. The molecule has 3 amide bonds. The first-order chi connectivity index (χ1) is 27.4. The zero-order valence-electron chi connectivity index (χ0n) is 32.3. The molecule has 4 aliphatic rings. The average Bonchev–Trinajstić information content (AvgIpc) is 3.54. The molecule has 4 aromatic rings. The fourth-order valence-corrected chi connectivity index (χ4v) is 8.65. The lowest BCUT2D eigenvalue weighted by Gasteiger charge is -2.33. The molecule has 2 radical (unpaired) electrons. The number of methoxy groups -OCH3 is 1. The van der Waals surface area contributed by atoms with Gasteiger partial charge in [0, 0.05) is 91.6 Å². The van der Waals surface area contributed by atoms with Gasteiger partial charge in [-0.25, -0.2) is 0 Å². The number of allylic oxidation sites excluding steroid dienone is 1. The number of nitrogens with zero attached hydrogens (tertiary/aromatic N) is 6. The van der Waals surface area contributed by atoms with Crippen molar-refractivity contribution in [3.05, 3.63) is 92.4 Å². The number of aryl methyl sites for hydroxylation is 3. The number of carbonyl (C=O) groups is 3. The van der Waals surface area contributed by atoms with Gasteiger partial charge in [0.2, 0.25) is 17.7 Å². The molecule has 15 heteroatoms. The molecule has 3 N–H and O–H groups in total. The van der Waals surface area contributed by atoms with Crippen molar-refractivity contribution in [2.45, 2.75) is 70.1 Å². The molecule has 0 saturated carbocycles. The average molecular weight is 771 g/mol. The Morgan fingerprint density at radius 1 is 1.05 bits per heavy atom. The van der Waals surface area contributed by atoms with Gasteiger partial charge in [-0.3, -0.25) is 33.9 Å². The van der Waals surface area contributed by atoms with E-state index < -0.39 is 18.0 Å². The Balaban J connectivity index is 0.994. The number of aliphatic imine (C=N–C) groups is 1. The summed E-state index contributed by atoms with van der Waals surface area (Å²) in [6.45, 7) is 4.20. The van der Waals surface area contributed by atoms with Crippen molar-refractivity contribution in [3.63, 3.8) is 0 Å². The molecule has 2 atom stereocenters. The molecule has 13 nitrogen and oxygen atoms in total. The number of imide groups is 1. The summed E-state index contributed by atoms with van der Waals surface area (Å²) in [4.78, 5) is 65.7. The number of nitrogens with one attached hydrogen (secondary N) is 1. The molecule has 2 saturated heterocycles. The first-order valence-electron chi connectivity index (χ1n) is 19.3. The van der Waals surface area contributed by atoms with Crippen LogP contribution in [0.15, 0.2) is 58.5 Å². The molecular formula is C42H44BFN8O5. The summed E-state index contributed by atoms with van der Waals surface area (Å²) in [5.74, 6) is 0.0455. The number of aromatic nitrogens is 2. The van der Waals surface area contributed by atoms with Crippen LogP contribution < -0.4 is 31.1 Å². The molecule has 0 bridgehead atoms. The number of ether oxygens (including phenoxy) is 1. The third-order valence-electron chi connectivity index (χ3n) is 11.7. The van der Waals surface area contributed by atoms with E-state index in [0.29, 0.717) is 59.0 Å². The van der Waals surface area contributed by atoms with Crippen LogP contribution in [0.2, 0.25) is 0 Å². The van der Waals surface area contributed by atoms with Crippen LogP contribution in [0.5, 0.6) is 5.88 Å². The van der Waals surface area contributed by atoms with Crippen LogP contribution >= 0.6 is 0 Å². The van der Waals surface area contributed by atoms with E-state index in [1.165, 1.54) is 13.3 Å². The van der Waals surface area contributed by atoms with E-state index in [2.05, 4.69) is 10.2 Å². The summed E-state index contributed by atoms with van der Waals surface area (Å²) < 4.78 is 22.5. The number of benzene rings is 2. The predicted molar refractivity (Wildman–Crippen MR) is 218 cm³/mol. The molecule has 2 aromatic heterocycles. The number of rotatable bonds is 8. The van der Waals surface area contributed by atoms with E-state index in [1.807, 2.05) is 35.2 Å². The van der Waals surface area contributed by atoms with Crippen LogP contribution in [0.25, 0.3) is 16.5 Å². The number of pyridine rings is 2. The van der Waals surface area contributed by atoms with Crippen LogP contribution in [0.1, 0.15) is 76.4 Å². The fourth-order valence-electron chi connectivity index (χ4n) is 8.65. The highest BCUT2D eigenvalue weighted by molar-refractivity contribution is 6.15. The number of fused-ring (bicyclic) bond motifs is 3. The molecule has 2 unspecified atom stereocenters. The van der Waals surface area contributed by atoms with Crippen LogP contribution in [-0.4, -0.2) is 85.1 Å². The van der Waals surface area contributed by atoms with E-state index in [1.54, 1.807) is 41.8 Å². The number of halogens is 1. The monoisotopic (exact) mass is 770 g/mol. The predicted octanol–water partition coefficient (Wildman–Crippen LogP) is 4.27. The maximum atomic E-state index is 15.4. The van der Waals surface area contributed by atoms with Gasteiger partial charge in [0.05, 0.1) is 24.7 Å². The van der Waals surface area contributed by atoms with Crippen LogP contribution in [-0.2, 0) is 29.6 Å². The molecule has 2 fully saturated rings. The lowest BCUT2D eigenvalue weighted by atomic mass is 9.84. The minimum absolute atomic E-state index is 0.0117. The quantitative estimate of drug-likeness (QED) is 0.152. The zero-order valence-corrected chi connectivity index (χ0v) is 32.3. The Morgan fingerprint density at radius 3 is 2.56 bits per heavy atom. The lowest BCUT2D eigenvalue weighted by molar-refractivity contribution is -0.136. The van der Waals surface area contributed by atoms with Gasteiger partial charge >= 0.3 is 0 Å². The lowest BCUT2D eigenvalue weighted by Crippen LogP contribution is -2.52. The van der Waals surface area contributed by atoms with E-state index >= 15 is 4.39 Å². The van der Waals surface area contributed by atoms with Gasteiger partial charge in [-0.2, -0.15) is 4.98 Å². The largest absolute Gasteiger partial charge is 0.481 e. The van der Waals surface area contributed by atoms with Crippen LogP contribution in [0.3, 0.4) is 0 Å². The first-order valence-corrected chi connectivity index (χ1v) is 19.3. The second-order valence-electron chi connectivity index (χ2n) is 15.2. The number of amides is 3. The van der Waals surface area contributed by atoms with Gasteiger partial charge in [-0.1, -0.05) is 0 Å². The maximum Gasteiger partial charge on any atom is 0.255 e. The molecule has 6 heterocycles. The third-order valence-corrected chi connectivity index (χ3v) is 11.7. The first kappa shape index (κ1) is 37.9. The summed E-state index contributed by atoms with van der Waals surface area (Å²) in [6, 6.07) is 12.5. The number of piperidine rings is 2. The highest BCUT2D eigenvalue weighted by Crippen LogP contribution is 2.41. The standard InChI is InChI=1S/C42H44BFN8O5/c1-23-15-32-35(49(2)41(23)55)19-37(57-3)48-39(32)51-12-4-5-24-17-30(31(38(43)44)18-34(24)51)26(20-45)21-46-27-10-13-50(14-11-27)28-6-7-29-25(16-28)22-52(42(29)56)33-8-9-36(53)47-40(33)54/h6-7,15-21,27,33,38H,4-5,8-14,22,45H2,1-3H3,(H,47,53,54)/b26-20+,46-21?. The molecule has 8 rings (SSSR count). The molecular weight excluding hydrogens is 726 g/mol. The number of hydrogen-bond acceptors (Lipinski definition) is 10. The number of carbonyl (C=O) groups excluding carboxylic acids is 3. The second-order valence-corrected chi connectivity index (χ2v) is 15.2. The van der Waals surface area contributed by atoms with Crippen molar-refractivity contribution in [2.75, 3.05) is 36.5 Å². The highest BCUT2D eigenvalue weighted by Gasteiger charge is 2.39. The maximum absolute atomic E-state index is 15.4. The highest BCUT2D eigenvalue weighted by atomic mass is 19.1. The van der Waals surface area contributed by atoms with Crippen LogP contribution in [0, 0.1) is 6.92 Å². The number of anilines is 3. The van der Waals surface area contributed by atoms with Crippen molar-refractivity contribution < 1.29 is 23.5 Å². The molecule has 292 valence electrons. The normalized spacial score (nSPS) is 19.6. The van der Waals surface area contributed by atoms with E-state index in [4.69, 9.17) is 28.3 Å². The third kappa shape index (κ3) is 6.93. The minimum Gasteiger partial charge on any atom is -0.481 e. The molecule has 0 spiro atoms. The molecule has 0 aliphatic carbocycles. The summed E-state index contributed by atoms with van der Waals surface area (Å²) in [7, 11) is 9.25. The van der Waals surface area contributed by atoms with Gasteiger partial charge < -0.3 is 29.7 Å². The Morgan fingerprint density at radius 2 is 1.84 bits per heavy atom. The number of nitrogens with two attached hydrogens (primary N) is 1. The van der Waals surface area contributed by atoms with Crippen LogP contribution in [0.4, 0.5) is 21.6 Å². The fraction of sp³-hybridized carbons (Fsp3) is 0.381. The van der Waals surface area contributed by atoms with Crippen molar-refractivity contribution in [1.29, 1.82) is 0 Å². The Labute approximate surface area is 330 Å².